The van der Waals surface area contributed by atoms with Gasteiger partial charge in [-0.25, -0.2) is 4.79 Å². The summed E-state index contributed by atoms with van der Waals surface area (Å²) in [6, 6.07) is 5.80. The van der Waals surface area contributed by atoms with Crippen molar-refractivity contribution in [3.63, 3.8) is 0 Å². The van der Waals surface area contributed by atoms with Gasteiger partial charge in [0.2, 0.25) is 0 Å². The number of aliphatic hydroxyl groups excluding tert-OH is 1. The van der Waals surface area contributed by atoms with Gasteiger partial charge in [0.05, 0.1) is 12.6 Å². The van der Waals surface area contributed by atoms with E-state index in [1.165, 1.54) is 0 Å². The van der Waals surface area contributed by atoms with Crippen LogP contribution < -0.4 is 15.4 Å². The van der Waals surface area contributed by atoms with E-state index < -0.39 is 0 Å². The lowest BCUT2D eigenvalue weighted by Crippen LogP contribution is -2.43. The highest BCUT2D eigenvalue weighted by molar-refractivity contribution is 5.75. The summed E-state index contributed by atoms with van der Waals surface area (Å²) in [5.41, 5.74) is 2.13. The van der Waals surface area contributed by atoms with Gasteiger partial charge in [-0.15, -0.1) is 0 Å². The Hall–Kier alpha value is -2.01. The van der Waals surface area contributed by atoms with E-state index in [0.29, 0.717) is 6.61 Å². The van der Waals surface area contributed by atoms with Crippen molar-refractivity contribution < 1.29 is 14.6 Å². The lowest BCUT2D eigenvalue weighted by molar-refractivity contribution is 0.218. The monoisotopic (exact) mass is 302 g/mol. The first-order valence-corrected chi connectivity index (χ1v) is 7.76. The zero-order valence-corrected chi connectivity index (χ0v) is 12.7. The molecule has 1 aliphatic heterocycles. The first kappa shape index (κ1) is 14.9. The van der Waals surface area contributed by atoms with Crippen LogP contribution in [0.2, 0.25) is 0 Å². The van der Waals surface area contributed by atoms with E-state index in [1.807, 2.05) is 37.3 Å². The highest BCUT2D eigenvalue weighted by Crippen LogP contribution is 2.34. The van der Waals surface area contributed by atoms with Gasteiger partial charge < -0.3 is 20.5 Å². The Balaban J connectivity index is 1.61. The molecule has 0 aromatic heterocycles. The summed E-state index contributed by atoms with van der Waals surface area (Å²) in [7, 11) is 0. The molecule has 118 valence electrons. The first-order valence-electron chi connectivity index (χ1n) is 7.76. The number of fused-ring (bicyclic) bond motifs is 1. The van der Waals surface area contributed by atoms with E-state index in [4.69, 9.17) is 9.84 Å². The maximum absolute atomic E-state index is 12.2. The number of hydrogen-bond donors (Lipinski definition) is 3. The summed E-state index contributed by atoms with van der Waals surface area (Å²) < 4.78 is 5.72. The SMILES string of the molecule is Cc1cccc2c1OCC[C@@H]2NC(=O)N[C@@H]1C=C[C@H](CO)C1. The number of ether oxygens (including phenoxy) is 1. The fourth-order valence-corrected chi connectivity index (χ4v) is 3.12. The van der Waals surface area contributed by atoms with Gasteiger partial charge in [0.1, 0.15) is 5.75 Å². The van der Waals surface area contributed by atoms with Gasteiger partial charge in [-0.3, -0.25) is 0 Å². The minimum absolute atomic E-state index is 0.00558. The van der Waals surface area contributed by atoms with Crippen molar-refractivity contribution in [2.45, 2.75) is 31.8 Å². The van der Waals surface area contributed by atoms with Crippen LogP contribution >= 0.6 is 0 Å². The number of hydrogen-bond acceptors (Lipinski definition) is 3. The van der Waals surface area contributed by atoms with Gasteiger partial charge in [-0.2, -0.15) is 0 Å². The Bertz CT molecular complexity index is 585. The number of rotatable bonds is 3. The largest absolute Gasteiger partial charge is 0.493 e. The zero-order chi connectivity index (χ0) is 15.5. The number of carbonyl (C=O) groups is 1. The quantitative estimate of drug-likeness (QED) is 0.748. The Kier molecular flexibility index (Phi) is 4.34. The topological polar surface area (TPSA) is 70.6 Å². The summed E-state index contributed by atoms with van der Waals surface area (Å²) in [4.78, 5) is 12.2. The van der Waals surface area contributed by atoms with Gasteiger partial charge in [-0.05, 0) is 18.9 Å². The van der Waals surface area contributed by atoms with Gasteiger partial charge >= 0.3 is 6.03 Å². The number of amides is 2. The van der Waals surface area contributed by atoms with Crippen molar-refractivity contribution in [1.29, 1.82) is 0 Å². The molecule has 1 aliphatic carbocycles. The van der Waals surface area contributed by atoms with E-state index >= 15 is 0 Å². The molecular formula is C17H22N2O3. The second-order valence-corrected chi connectivity index (χ2v) is 5.97. The third-order valence-corrected chi connectivity index (χ3v) is 4.30. The van der Waals surface area contributed by atoms with Crippen LogP contribution in [-0.4, -0.2) is 30.4 Å². The van der Waals surface area contributed by atoms with Crippen LogP contribution in [0.25, 0.3) is 0 Å². The Morgan fingerprint density at radius 3 is 3.00 bits per heavy atom. The van der Waals surface area contributed by atoms with Crippen LogP contribution in [0, 0.1) is 12.8 Å². The molecule has 0 fully saturated rings. The maximum atomic E-state index is 12.2. The Labute approximate surface area is 130 Å². The summed E-state index contributed by atoms with van der Waals surface area (Å²) in [6.45, 7) is 2.75. The molecule has 3 N–H and O–H groups in total. The number of aryl methyl sites for hydroxylation is 1. The molecule has 1 aromatic carbocycles. The molecular weight excluding hydrogens is 280 g/mol. The number of carbonyl (C=O) groups excluding carboxylic acids is 1. The average Bonchev–Trinajstić information content (AvgIpc) is 2.96. The molecule has 5 nitrogen and oxygen atoms in total. The maximum Gasteiger partial charge on any atom is 0.315 e. The van der Waals surface area contributed by atoms with Crippen LogP contribution in [0.15, 0.2) is 30.4 Å². The fourth-order valence-electron chi connectivity index (χ4n) is 3.12. The van der Waals surface area contributed by atoms with Crippen LogP contribution in [0.5, 0.6) is 5.75 Å². The number of nitrogens with one attached hydrogen (secondary N) is 2. The molecule has 0 spiro atoms. The number of benzene rings is 1. The predicted octanol–water partition coefficient (Wildman–Crippen LogP) is 2.05. The molecule has 0 bridgehead atoms. The molecule has 5 heteroatoms. The normalized spacial score (nSPS) is 26.2. The molecule has 22 heavy (non-hydrogen) atoms. The molecule has 2 aliphatic rings. The molecule has 0 saturated carbocycles. The van der Waals surface area contributed by atoms with Gasteiger partial charge in [0.25, 0.3) is 0 Å². The highest BCUT2D eigenvalue weighted by atomic mass is 16.5. The average molecular weight is 302 g/mol. The lowest BCUT2D eigenvalue weighted by Gasteiger charge is -2.28. The van der Waals surface area contributed by atoms with Crippen molar-refractivity contribution in [3.05, 3.63) is 41.5 Å². The van der Waals surface area contributed by atoms with Crippen LogP contribution in [0.1, 0.15) is 30.0 Å². The van der Waals surface area contributed by atoms with Crippen LogP contribution in [-0.2, 0) is 0 Å². The summed E-state index contributed by atoms with van der Waals surface area (Å²) in [6.07, 6.45) is 5.43. The third-order valence-electron chi connectivity index (χ3n) is 4.30. The van der Waals surface area contributed by atoms with Gasteiger partial charge in [-0.1, -0.05) is 30.4 Å². The molecule has 2 amide bonds. The van der Waals surface area contributed by atoms with Gasteiger partial charge in [0, 0.05) is 30.6 Å². The van der Waals surface area contributed by atoms with E-state index in [9.17, 15) is 4.79 Å². The Morgan fingerprint density at radius 1 is 1.36 bits per heavy atom. The van der Waals surface area contributed by atoms with Crippen LogP contribution in [0.4, 0.5) is 4.79 Å². The molecule has 1 aromatic rings. The minimum atomic E-state index is -0.174. The van der Waals surface area contributed by atoms with Crippen molar-refractivity contribution in [2.75, 3.05) is 13.2 Å². The summed E-state index contributed by atoms with van der Waals surface area (Å²) >= 11 is 0. The Morgan fingerprint density at radius 2 is 2.23 bits per heavy atom. The standard InChI is InChI=1S/C17H22N2O3/c1-11-3-2-4-14-15(7-8-22-16(11)14)19-17(21)18-13-6-5-12(9-13)10-20/h2-6,12-13,15,20H,7-10H2,1H3,(H2,18,19,21)/t12-,13+,15-/m0/s1. The zero-order valence-electron chi connectivity index (χ0n) is 12.7. The molecule has 0 radical (unpaired) electrons. The van der Waals surface area contributed by atoms with Crippen molar-refractivity contribution in [2.24, 2.45) is 5.92 Å². The molecule has 0 unspecified atom stereocenters. The second kappa shape index (κ2) is 6.40. The van der Waals surface area contributed by atoms with Gasteiger partial charge in [0.15, 0.2) is 0 Å². The number of para-hydroxylation sites is 1. The third kappa shape index (κ3) is 3.09. The summed E-state index contributed by atoms with van der Waals surface area (Å²) in [5, 5.41) is 15.1. The molecule has 0 saturated heterocycles. The lowest BCUT2D eigenvalue weighted by atomic mass is 9.98. The molecule has 3 atom stereocenters. The van der Waals surface area contributed by atoms with Crippen molar-refractivity contribution in [3.8, 4) is 5.75 Å². The van der Waals surface area contributed by atoms with Crippen molar-refractivity contribution >= 4 is 6.03 Å². The van der Waals surface area contributed by atoms with Crippen molar-refractivity contribution in [1.82, 2.24) is 10.6 Å². The fraction of sp³-hybridized carbons (Fsp3) is 0.471. The number of urea groups is 1. The highest BCUT2D eigenvalue weighted by Gasteiger charge is 2.25. The van der Waals surface area contributed by atoms with E-state index in [-0.39, 0.29) is 30.6 Å². The van der Waals surface area contributed by atoms with E-state index in [0.717, 1.165) is 29.7 Å². The van der Waals surface area contributed by atoms with E-state index in [2.05, 4.69) is 10.6 Å². The second-order valence-electron chi connectivity index (χ2n) is 5.97. The smallest absolute Gasteiger partial charge is 0.315 e. The summed E-state index contributed by atoms with van der Waals surface area (Å²) in [5.74, 6) is 1.04. The predicted molar refractivity (Wildman–Crippen MR) is 83.8 cm³/mol. The van der Waals surface area contributed by atoms with E-state index in [1.54, 1.807) is 0 Å². The molecule has 1 heterocycles. The van der Waals surface area contributed by atoms with Crippen LogP contribution in [0.3, 0.4) is 0 Å². The first-order chi connectivity index (χ1) is 10.7. The minimum Gasteiger partial charge on any atom is -0.493 e. The molecule has 3 rings (SSSR count). The number of aliphatic hydroxyl groups is 1.